The van der Waals surface area contributed by atoms with Gasteiger partial charge in [-0.25, -0.2) is 0 Å². The summed E-state index contributed by atoms with van der Waals surface area (Å²) >= 11 is 0. The van der Waals surface area contributed by atoms with E-state index in [1.54, 1.807) is 6.08 Å². The van der Waals surface area contributed by atoms with E-state index in [0.29, 0.717) is 0 Å². The smallest absolute Gasteiger partial charge is 0.318 e. The molecule has 2 saturated carbocycles. The minimum Gasteiger partial charge on any atom is -0.393 e. The third kappa shape index (κ3) is 6.74. The monoisotopic (exact) mass is 604 g/mol. The molecule has 2 saturated heterocycles. The van der Waals surface area contributed by atoms with Crippen molar-refractivity contribution in [2.45, 2.75) is 12.8 Å². The Bertz CT molecular complexity index is 1340. The maximum atomic E-state index is 11.8. The van der Waals surface area contributed by atoms with Crippen molar-refractivity contribution in [1.82, 2.24) is 0 Å². The highest BCUT2D eigenvalue weighted by atomic mass is 32.1. The molecule has 7 rings (SSSR count). The van der Waals surface area contributed by atoms with Crippen molar-refractivity contribution < 1.29 is 28.7 Å². The van der Waals surface area contributed by atoms with E-state index in [1.807, 2.05) is 91.0 Å². The Hall–Kier alpha value is -3.54. The number of cyclic esters (lactones) is 4. The average molecular weight is 605 g/mol. The lowest BCUT2D eigenvalue weighted by molar-refractivity contribution is -0.156. The number of rotatable bonds is 4. The van der Waals surface area contributed by atoms with E-state index >= 15 is 0 Å². The van der Waals surface area contributed by atoms with E-state index in [1.165, 1.54) is 5.56 Å². The van der Waals surface area contributed by atoms with Gasteiger partial charge in [-0.3, -0.25) is 19.2 Å². The largest absolute Gasteiger partial charge is 0.393 e. The number of hydrogen-bond acceptors (Lipinski definition) is 6. The molecule has 0 radical (unpaired) electrons. The number of ether oxygens (including phenoxy) is 2. The first-order valence-corrected chi connectivity index (χ1v) is 13.6. The van der Waals surface area contributed by atoms with Crippen molar-refractivity contribution in [3.63, 3.8) is 0 Å². The topological polar surface area (TPSA) is 86.7 Å². The van der Waals surface area contributed by atoms with Crippen molar-refractivity contribution in [1.29, 1.82) is 0 Å². The molecular formula is C34H37O6PS. The van der Waals surface area contributed by atoms with Crippen LogP contribution in [0.5, 0.6) is 0 Å². The highest BCUT2D eigenvalue weighted by Crippen LogP contribution is 2.51. The van der Waals surface area contributed by atoms with Gasteiger partial charge >= 0.3 is 23.9 Å². The Kier molecular flexibility index (Phi) is 11.4. The quantitative estimate of drug-likeness (QED) is 0.189. The highest BCUT2D eigenvalue weighted by Gasteiger charge is 2.58. The molecule has 0 amide bonds. The summed E-state index contributed by atoms with van der Waals surface area (Å²) in [5.41, 5.74) is 2.26. The first-order chi connectivity index (χ1) is 19.4. The van der Waals surface area contributed by atoms with Gasteiger partial charge < -0.3 is 9.47 Å². The summed E-state index contributed by atoms with van der Waals surface area (Å²) in [5.74, 6) is -1.73. The molecule has 4 fully saturated rings. The summed E-state index contributed by atoms with van der Waals surface area (Å²) in [7, 11) is 0. The highest BCUT2D eigenvalue weighted by molar-refractivity contribution is 7.59. The number of fused-ring (bicyclic) bond motifs is 6. The minimum absolute atomic E-state index is 0. The van der Waals surface area contributed by atoms with Crippen LogP contribution in [0.15, 0.2) is 98.1 Å². The molecule has 2 aromatic carbocycles. The van der Waals surface area contributed by atoms with Gasteiger partial charge in [0.05, 0.1) is 23.7 Å². The van der Waals surface area contributed by atoms with Crippen LogP contribution in [0.25, 0.3) is 12.2 Å². The maximum absolute atomic E-state index is 11.8. The number of carbonyl (C=O) groups is 4. The standard InChI is InChI=1S/C17H16O3.C9H8O3.C8H8.H3P.H2S/c1-2-12-10-13(9-8-11-6-4-3-5-7-11)15-14(12)16(18)20-17(15)19;10-8-6-4-1-2-5(3-4)7(6)9(11)12-8;1-2-8-6-4-3-5-7-8;;/h2-9,12-15H,1,10H2;1-2,4-7H,3H2;2-7H,1H2;1H3;1H2/b9-8+;;;;/t12-,13+,14-,15+;4-,5+,6-,7+;;;/m1..../s1. The molecular weight excluding hydrogens is 567 g/mol. The molecule has 5 aliphatic rings. The first kappa shape index (κ1) is 33.0. The SMILES string of the molecule is C=C[C@@H]1C[C@H](/C=C/c2ccccc2)[C@@H]2C(=O)OC(=O)[C@@H]21.C=Cc1ccccc1.O=C1OC(=O)[C@H]2[C@@H]1[C@H]1C=C[C@@H]2C1.P.S. The molecule has 220 valence electrons. The van der Waals surface area contributed by atoms with E-state index < -0.39 is 0 Å². The van der Waals surface area contributed by atoms with E-state index in [2.05, 4.69) is 17.9 Å². The van der Waals surface area contributed by atoms with Crippen LogP contribution in [0.2, 0.25) is 0 Å². The number of esters is 4. The summed E-state index contributed by atoms with van der Waals surface area (Å²) in [6, 6.07) is 19.9. The molecule has 0 aromatic heterocycles. The van der Waals surface area contributed by atoms with Crippen molar-refractivity contribution in [3.8, 4) is 0 Å². The van der Waals surface area contributed by atoms with Gasteiger partial charge in [-0.1, -0.05) is 104 Å². The van der Waals surface area contributed by atoms with Crippen LogP contribution in [-0.2, 0) is 28.7 Å². The fraction of sp³-hybridized carbons (Fsp3) is 0.294. The molecule has 42 heavy (non-hydrogen) atoms. The van der Waals surface area contributed by atoms with Gasteiger partial charge in [0.25, 0.3) is 0 Å². The number of carbonyl (C=O) groups excluding carboxylic acids is 4. The van der Waals surface area contributed by atoms with Crippen LogP contribution in [0.4, 0.5) is 0 Å². The lowest BCUT2D eigenvalue weighted by Crippen LogP contribution is -2.21. The Morgan fingerprint density at radius 1 is 0.619 bits per heavy atom. The number of allylic oxidation sites excluding steroid dienone is 4. The predicted molar refractivity (Wildman–Crippen MR) is 172 cm³/mol. The van der Waals surface area contributed by atoms with Gasteiger partial charge in [-0.2, -0.15) is 23.4 Å². The molecule has 2 aromatic rings. The van der Waals surface area contributed by atoms with Crippen LogP contribution < -0.4 is 0 Å². The van der Waals surface area contributed by atoms with Crippen molar-refractivity contribution in [3.05, 3.63) is 109 Å². The van der Waals surface area contributed by atoms with Gasteiger partial charge in [-0.05, 0) is 47.6 Å². The van der Waals surface area contributed by atoms with Crippen molar-refractivity contribution in [2.75, 3.05) is 0 Å². The van der Waals surface area contributed by atoms with Crippen LogP contribution in [-0.4, -0.2) is 23.9 Å². The normalized spacial score (nSPS) is 30.9. The van der Waals surface area contributed by atoms with E-state index in [9.17, 15) is 19.2 Å². The van der Waals surface area contributed by atoms with Crippen molar-refractivity contribution >= 4 is 59.4 Å². The Morgan fingerprint density at radius 2 is 1.07 bits per heavy atom. The second-order valence-electron chi connectivity index (χ2n) is 10.7. The summed E-state index contributed by atoms with van der Waals surface area (Å²) in [4.78, 5) is 45.9. The van der Waals surface area contributed by atoms with Crippen LogP contribution >= 0.6 is 23.4 Å². The first-order valence-electron chi connectivity index (χ1n) is 13.6. The minimum atomic E-state index is -0.388. The van der Waals surface area contributed by atoms with E-state index in [4.69, 9.17) is 4.74 Å². The molecule has 2 heterocycles. The van der Waals surface area contributed by atoms with Crippen molar-refractivity contribution in [2.24, 2.45) is 47.3 Å². The molecule has 3 aliphatic carbocycles. The number of hydrogen-bond donors (Lipinski definition) is 0. The van der Waals surface area contributed by atoms with Gasteiger partial charge in [-0.15, -0.1) is 6.58 Å². The maximum Gasteiger partial charge on any atom is 0.318 e. The van der Waals surface area contributed by atoms with E-state index in [-0.39, 0.29) is 94.6 Å². The number of benzene rings is 2. The average Bonchev–Trinajstić information content (AvgIpc) is 3.79. The third-order valence-electron chi connectivity index (χ3n) is 8.48. The Morgan fingerprint density at radius 3 is 1.52 bits per heavy atom. The van der Waals surface area contributed by atoms with Gasteiger partial charge in [0.15, 0.2) is 0 Å². The molecule has 9 atom stereocenters. The summed E-state index contributed by atoms with van der Waals surface area (Å²) in [6.45, 7) is 7.40. The Balaban J connectivity index is 0.000000187. The molecule has 0 N–H and O–H groups in total. The molecule has 1 unspecified atom stereocenters. The molecule has 8 heteroatoms. The fourth-order valence-electron chi connectivity index (χ4n) is 6.55. The molecule has 2 aliphatic heterocycles. The molecule has 0 spiro atoms. The summed E-state index contributed by atoms with van der Waals surface area (Å²) < 4.78 is 9.37. The van der Waals surface area contributed by atoms with Crippen LogP contribution in [0.3, 0.4) is 0 Å². The second kappa shape index (κ2) is 14.6. The fourth-order valence-corrected chi connectivity index (χ4v) is 6.55. The Labute approximate surface area is 257 Å². The lowest BCUT2D eigenvalue weighted by atomic mass is 9.85. The zero-order valence-corrected chi connectivity index (χ0v) is 25.8. The van der Waals surface area contributed by atoms with E-state index in [0.717, 1.165) is 18.4 Å². The van der Waals surface area contributed by atoms with Gasteiger partial charge in [0.1, 0.15) is 0 Å². The zero-order chi connectivity index (χ0) is 28.2. The zero-order valence-electron chi connectivity index (χ0n) is 23.3. The predicted octanol–water partition coefficient (Wildman–Crippen LogP) is 5.85. The van der Waals surface area contributed by atoms with Crippen LogP contribution in [0, 0.1) is 47.3 Å². The lowest BCUT2D eigenvalue weighted by Gasteiger charge is -2.12. The third-order valence-corrected chi connectivity index (χ3v) is 8.48. The molecule has 2 bridgehead atoms. The van der Waals surface area contributed by atoms with Gasteiger partial charge in [0.2, 0.25) is 0 Å². The summed E-state index contributed by atoms with van der Waals surface area (Å²) in [6.07, 6.45) is 13.5. The van der Waals surface area contributed by atoms with Gasteiger partial charge in [0, 0.05) is 0 Å². The second-order valence-corrected chi connectivity index (χ2v) is 10.7. The van der Waals surface area contributed by atoms with Crippen LogP contribution in [0.1, 0.15) is 24.0 Å². The summed E-state index contributed by atoms with van der Waals surface area (Å²) in [5, 5.41) is 0. The molecule has 6 nitrogen and oxygen atoms in total.